The van der Waals surface area contributed by atoms with Gasteiger partial charge in [-0.3, -0.25) is 4.79 Å². The van der Waals surface area contributed by atoms with Crippen LogP contribution in [-0.2, 0) is 4.79 Å². The molecule has 0 unspecified atom stereocenters. The summed E-state index contributed by atoms with van der Waals surface area (Å²) in [5.41, 5.74) is 0.871. The molecule has 1 aromatic carbocycles. The predicted molar refractivity (Wildman–Crippen MR) is 104 cm³/mol. The monoisotopic (exact) mass is 399 g/mol. The number of halogens is 1. The lowest BCUT2D eigenvalue weighted by Gasteiger charge is -2.17. The lowest BCUT2D eigenvalue weighted by molar-refractivity contribution is -0.120. The van der Waals surface area contributed by atoms with E-state index in [1.165, 1.54) is 35.2 Å². The molecular formula is C17H22FN3OS3. The minimum Gasteiger partial charge on any atom is -0.349 e. The highest BCUT2D eigenvalue weighted by atomic mass is 32.2. The molecule has 0 aliphatic rings. The molecule has 0 aliphatic heterocycles. The highest BCUT2D eigenvalue weighted by molar-refractivity contribution is 8.03. The zero-order chi connectivity index (χ0) is 18.4. The van der Waals surface area contributed by atoms with Crippen molar-refractivity contribution in [3.8, 4) is 0 Å². The molecule has 0 aliphatic carbocycles. The van der Waals surface area contributed by atoms with Crippen molar-refractivity contribution in [3.05, 3.63) is 35.6 Å². The van der Waals surface area contributed by atoms with E-state index in [1.54, 1.807) is 23.9 Å². The minimum atomic E-state index is -0.284. The van der Waals surface area contributed by atoms with Crippen LogP contribution in [0.4, 0.5) is 4.39 Å². The minimum absolute atomic E-state index is 0.0755. The highest BCUT2D eigenvalue weighted by Crippen LogP contribution is 2.32. The summed E-state index contributed by atoms with van der Waals surface area (Å²) in [6.07, 6.45) is 0. The Morgan fingerprint density at radius 1 is 1.16 bits per heavy atom. The smallest absolute Gasteiger partial charge is 0.233 e. The first-order chi connectivity index (χ1) is 11.8. The SMILES string of the molecule is CC(C)CSc1nnc(S[C@@H](C)C(=O)N[C@@H](C)c2ccc(F)cc2)s1. The number of nitrogens with one attached hydrogen (secondary N) is 1. The summed E-state index contributed by atoms with van der Waals surface area (Å²) in [5, 5.41) is 11.0. The summed E-state index contributed by atoms with van der Waals surface area (Å²) < 4.78 is 14.7. The van der Waals surface area contributed by atoms with Crippen LogP contribution >= 0.6 is 34.9 Å². The molecule has 2 aromatic rings. The van der Waals surface area contributed by atoms with Crippen molar-refractivity contribution in [2.75, 3.05) is 5.75 Å². The molecule has 25 heavy (non-hydrogen) atoms. The van der Waals surface area contributed by atoms with Crippen molar-refractivity contribution in [2.24, 2.45) is 5.92 Å². The maximum Gasteiger partial charge on any atom is 0.233 e. The van der Waals surface area contributed by atoms with E-state index in [-0.39, 0.29) is 23.0 Å². The van der Waals surface area contributed by atoms with Gasteiger partial charge in [0.1, 0.15) is 5.82 Å². The number of aromatic nitrogens is 2. The average Bonchev–Trinajstić information content (AvgIpc) is 3.00. The Kier molecular flexibility index (Phi) is 7.71. The van der Waals surface area contributed by atoms with Gasteiger partial charge in [-0.1, -0.05) is 60.8 Å². The largest absolute Gasteiger partial charge is 0.349 e. The van der Waals surface area contributed by atoms with Crippen molar-refractivity contribution in [2.45, 2.75) is 47.7 Å². The first-order valence-electron chi connectivity index (χ1n) is 8.04. The molecule has 2 rings (SSSR count). The van der Waals surface area contributed by atoms with E-state index in [0.29, 0.717) is 5.92 Å². The summed E-state index contributed by atoms with van der Waals surface area (Å²) in [6.45, 7) is 8.06. The maximum atomic E-state index is 13.0. The second-order valence-electron chi connectivity index (χ2n) is 6.08. The van der Waals surface area contributed by atoms with Crippen molar-refractivity contribution in [3.63, 3.8) is 0 Å². The normalized spacial score (nSPS) is 13.7. The standard InChI is InChI=1S/C17H22FN3OS3/c1-10(2)9-23-16-20-21-17(25-16)24-12(4)15(22)19-11(3)13-5-7-14(18)8-6-13/h5-8,10-12H,9H2,1-4H3,(H,19,22)/t11-,12-/m0/s1. The molecule has 1 amide bonds. The number of benzene rings is 1. The first kappa shape index (κ1) is 20.2. The Morgan fingerprint density at radius 2 is 1.80 bits per heavy atom. The van der Waals surface area contributed by atoms with Gasteiger partial charge in [0, 0.05) is 5.75 Å². The number of nitrogens with zero attached hydrogens (tertiary/aromatic N) is 2. The Hall–Kier alpha value is -1.12. The molecule has 4 nitrogen and oxygen atoms in total. The summed E-state index contributed by atoms with van der Waals surface area (Å²) in [6, 6.07) is 5.98. The maximum absolute atomic E-state index is 13.0. The third kappa shape index (κ3) is 6.60. The fourth-order valence-electron chi connectivity index (χ4n) is 1.91. The molecule has 2 atom stereocenters. The van der Waals surface area contributed by atoms with E-state index in [9.17, 15) is 9.18 Å². The molecule has 0 bridgehead atoms. The fraction of sp³-hybridized carbons (Fsp3) is 0.471. The van der Waals surface area contributed by atoms with Gasteiger partial charge in [-0.25, -0.2) is 4.39 Å². The first-order valence-corrected chi connectivity index (χ1v) is 10.7. The lowest BCUT2D eigenvalue weighted by Crippen LogP contribution is -2.33. The van der Waals surface area contributed by atoms with Crippen LogP contribution in [0.5, 0.6) is 0 Å². The van der Waals surface area contributed by atoms with Crippen LogP contribution in [-0.4, -0.2) is 27.1 Å². The van der Waals surface area contributed by atoms with Gasteiger partial charge in [0.15, 0.2) is 8.68 Å². The summed E-state index contributed by atoms with van der Waals surface area (Å²) in [7, 11) is 0. The van der Waals surface area contributed by atoms with Crippen molar-refractivity contribution in [1.29, 1.82) is 0 Å². The number of rotatable bonds is 8. The van der Waals surface area contributed by atoms with Crippen LogP contribution in [0.1, 0.15) is 39.3 Å². The average molecular weight is 400 g/mol. The Labute approximate surface area is 160 Å². The van der Waals surface area contributed by atoms with Crippen LogP contribution in [0.25, 0.3) is 0 Å². The quantitative estimate of drug-likeness (QED) is 0.647. The van der Waals surface area contributed by atoms with E-state index < -0.39 is 0 Å². The van der Waals surface area contributed by atoms with Gasteiger partial charge in [0.2, 0.25) is 5.91 Å². The van der Waals surface area contributed by atoms with Gasteiger partial charge in [-0.2, -0.15) is 0 Å². The fourth-order valence-corrected chi connectivity index (χ4v) is 5.06. The van der Waals surface area contributed by atoms with E-state index in [0.717, 1.165) is 20.0 Å². The molecule has 0 saturated heterocycles. The van der Waals surface area contributed by atoms with Gasteiger partial charge < -0.3 is 5.32 Å². The number of amides is 1. The third-order valence-electron chi connectivity index (χ3n) is 3.30. The molecule has 136 valence electrons. The van der Waals surface area contributed by atoms with Crippen LogP contribution in [0.3, 0.4) is 0 Å². The van der Waals surface area contributed by atoms with Gasteiger partial charge in [-0.05, 0) is 37.5 Å². The Morgan fingerprint density at radius 3 is 2.44 bits per heavy atom. The number of carbonyl (C=O) groups is 1. The molecule has 8 heteroatoms. The zero-order valence-electron chi connectivity index (χ0n) is 14.7. The number of carbonyl (C=O) groups excluding carboxylic acids is 1. The third-order valence-corrected chi connectivity index (χ3v) is 6.97. The topological polar surface area (TPSA) is 54.9 Å². The Bertz CT molecular complexity index is 691. The van der Waals surface area contributed by atoms with Gasteiger partial charge in [0.25, 0.3) is 0 Å². The predicted octanol–water partition coefficient (Wildman–Crippen LogP) is 4.78. The highest BCUT2D eigenvalue weighted by Gasteiger charge is 2.19. The number of hydrogen-bond acceptors (Lipinski definition) is 6. The van der Waals surface area contributed by atoms with Crippen molar-refractivity contribution in [1.82, 2.24) is 15.5 Å². The number of hydrogen-bond donors (Lipinski definition) is 1. The number of thioether (sulfide) groups is 2. The van der Waals surface area contributed by atoms with Gasteiger partial charge in [0.05, 0.1) is 11.3 Å². The van der Waals surface area contributed by atoms with Gasteiger partial charge in [-0.15, -0.1) is 10.2 Å². The van der Waals surface area contributed by atoms with E-state index >= 15 is 0 Å². The van der Waals surface area contributed by atoms with Crippen LogP contribution in [0, 0.1) is 11.7 Å². The molecule has 0 fully saturated rings. The van der Waals surface area contributed by atoms with Crippen LogP contribution in [0.15, 0.2) is 32.9 Å². The molecular weight excluding hydrogens is 377 g/mol. The molecule has 0 saturated carbocycles. The molecule has 0 spiro atoms. The second-order valence-corrected chi connectivity index (χ2v) is 9.91. The molecule has 1 aromatic heterocycles. The molecule has 1 N–H and O–H groups in total. The van der Waals surface area contributed by atoms with Crippen LogP contribution < -0.4 is 5.32 Å². The van der Waals surface area contributed by atoms with Gasteiger partial charge >= 0.3 is 0 Å². The Balaban J connectivity index is 1.86. The van der Waals surface area contributed by atoms with Crippen molar-refractivity contribution < 1.29 is 9.18 Å². The summed E-state index contributed by atoms with van der Waals surface area (Å²) in [4.78, 5) is 12.4. The van der Waals surface area contributed by atoms with E-state index in [2.05, 4.69) is 29.4 Å². The summed E-state index contributed by atoms with van der Waals surface area (Å²) in [5.74, 6) is 1.24. The molecule has 1 heterocycles. The van der Waals surface area contributed by atoms with E-state index in [4.69, 9.17) is 0 Å². The van der Waals surface area contributed by atoms with Crippen LogP contribution in [0.2, 0.25) is 0 Å². The van der Waals surface area contributed by atoms with Crippen molar-refractivity contribution >= 4 is 40.8 Å². The summed E-state index contributed by atoms with van der Waals surface area (Å²) >= 11 is 4.62. The second kappa shape index (κ2) is 9.54. The lowest BCUT2D eigenvalue weighted by atomic mass is 10.1. The molecule has 0 radical (unpaired) electrons. The zero-order valence-corrected chi connectivity index (χ0v) is 17.1. The van der Waals surface area contributed by atoms with E-state index in [1.807, 2.05) is 13.8 Å².